The van der Waals surface area contributed by atoms with Crippen molar-refractivity contribution in [3.63, 3.8) is 0 Å². The summed E-state index contributed by atoms with van der Waals surface area (Å²) in [5.74, 6) is 0.0656. The summed E-state index contributed by atoms with van der Waals surface area (Å²) in [5.41, 5.74) is -0.0355. The molecule has 0 saturated heterocycles. The Balaban J connectivity index is 1.81. The second-order valence-electron chi connectivity index (χ2n) is 5.70. The molecule has 0 aliphatic heterocycles. The van der Waals surface area contributed by atoms with Crippen LogP contribution in [0, 0.1) is 5.41 Å². The normalized spacial score (nSPS) is 18.3. The number of aromatic nitrogens is 2. The molecular weight excluding hydrogens is 272 g/mol. The third-order valence-corrected chi connectivity index (χ3v) is 4.25. The van der Waals surface area contributed by atoms with Crippen LogP contribution in [0.4, 0.5) is 0 Å². The molecule has 2 aromatic heterocycles. The molecule has 1 saturated carbocycles. The van der Waals surface area contributed by atoms with Crippen LogP contribution in [-0.2, 0) is 11.2 Å². The molecule has 1 N–H and O–H groups in total. The fraction of sp³-hybridized carbons (Fsp3) is 0.533. The summed E-state index contributed by atoms with van der Waals surface area (Å²) in [4.78, 5) is 16.1. The largest absolute Gasteiger partial charge is 0.481 e. The van der Waals surface area contributed by atoms with Gasteiger partial charge in [0.25, 0.3) is 0 Å². The third-order valence-electron chi connectivity index (χ3n) is 4.25. The number of carbonyl (C=O) groups is 1. The molecule has 0 amide bonds. The summed E-state index contributed by atoms with van der Waals surface area (Å²) >= 11 is 0. The van der Waals surface area contributed by atoms with Crippen molar-refractivity contribution in [2.45, 2.75) is 44.9 Å². The molecule has 21 heavy (non-hydrogen) atoms. The highest BCUT2D eigenvalue weighted by atomic mass is 16.5. The van der Waals surface area contributed by atoms with Gasteiger partial charge in [-0.3, -0.25) is 4.79 Å². The van der Waals surface area contributed by atoms with Crippen molar-refractivity contribution in [1.82, 2.24) is 10.1 Å². The molecule has 0 bridgehead atoms. The zero-order chi connectivity index (χ0) is 14.7. The Labute approximate surface area is 122 Å². The Bertz CT molecular complexity index is 595. The fourth-order valence-corrected chi connectivity index (χ4v) is 3.00. The molecule has 112 valence electrons. The summed E-state index contributed by atoms with van der Waals surface area (Å²) < 4.78 is 10.2. The summed E-state index contributed by atoms with van der Waals surface area (Å²) in [6.07, 6.45) is 8.79. The van der Waals surface area contributed by atoms with Crippen LogP contribution >= 0.6 is 0 Å². The maximum Gasteiger partial charge on any atom is 0.310 e. The van der Waals surface area contributed by atoms with E-state index in [1.54, 1.807) is 6.07 Å². The van der Waals surface area contributed by atoms with Crippen LogP contribution in [0.3, 0.4) is 0 Å². The van der Waals surface area contributed by atoms with E-state index in [9.17, 15) is 9.90 Å². The van der Waals surface area contributed by atoms with Gasteiger partial charge in [0.15, 0.2) is 0 Å². The monoisotopic (exact) mass is 290 g/mol. The number of aliphatic carboxylic acids is 1. The number of rotatable bonds is 4. The fourth-order valence-electron chi connectivity index (χ4n) is 3.00. The van der Waals surface area contributed by atoms with Crippen molar-refractivity contribution < 1.29 is 18.8 Å². The smallest absolute Gasteiger partial charge is 0.310 e. The highest BCUT2D eigenvalue weighted by Gasteiger charge is 2.40. The lowest BCUT2D eigenvalue weighted by molar-refractivity contribution is -0.150. The number of carboxylic acid groups (broad SMARTS) is 1. The van der Waals surface area contributed by atoms with Gasteiger partial charge in [-0.1, -0.05) is 30.8 Å². The summed E-state index contributed by atoms with van der Waals surface area (Å²) in [5, 5.41) is 13.6. The highest BCUT2D eigenvalue weighted by Crippen LogP contribution is 2.38. The number of hydrogen-bond acceptors (Lipinski definition) is 5. The Morgan fingerprint density at radius 2 is 2.05 bits per heavy atom. The minimum atomic E-state index is -0.767. The first-order valence-corrected chi connectivity index (χ1v) is 7.28. The minimum Gasteiger partial charge on any atom is -0.481 e. The van der Waals surface area contributed by atoms with Crippen LogP contribution in [-0.4, -0.2) is 21.2 Å². The van der Waals surface area contributed by atoms with E-state index in [2.05, 4.69) is 10.1 Å². The molecule has 1 aliphatic carbocycles. The molecule has 0 spiro atoms. The zero-order valence-corrected chi connectivity index (χ0v) is 11.7. The summed E-state index contributed by atoms with van der Waals surface area (Å²) in [7, 11) is 0. The van der Waals surface area contributed by atoms with Gasteiger partial charge in [-0.15, -0.1) is 0 Å². The molecule has 0 radical (unpaired) electrons. The molecule has 0 unspecified atom stereocenters. The SMILES string of the molecule is O=C(O)C1(Cc2nc(-c3ccoc3)no2)CCCCCC1. The van der Waals surface area contributed by atoms with Crippen LogP contribution in [0.25, 0.3) is 11.4 Å². The highest BCUT2D eigenvalue weighted by molar-refractivity contribution is 5.75. The molecule has 2 aromatic rings. The first kappa shape index (κ1) is 13.9. The molecule has 1 fully saturated rings. The van der Waals surface area contributed by atoms with Crippen LogP contribution in [0.15, 0.2) is 27.5 Å². The Morgan fingerprint density at radius 1 is 1.29 bits per heavy atom. The molecule has 1 aliphatic rings. The van der Waals surface area contributed by atoms with E-state index >= 15 is 0 Å². The van der Waals surface area contributed by atoms with Gasteiger partial charge in [0.05, 0.1) is 17.2 Å². The lowest BCUT2D eigenvalue weighted by atomic mass is 9.77. The van der Waals surface area contributed by atoms with E-state index in [0.29, 0.717) is 31.0 Å². The van der Waals surface area contributed by atoms with Gasteiger partial charge in [0, 0.05) is 6.42 Å². The predicted molar refractivity (Wildman–Crippen MR) is 73.5 cm³/mol. The van der Waals surface area contributed by atoms with Gasteiger partial charge < -0.3 is 14.0 Å². The van der Waals surface area contributed by atoms with Crippen LogP contribution < -0.4 is 0 Å². The molecule has 0 atom stereocenters. The van der Waals surface area contributed by atoms with Gasteiger partial charge in [0.2, 0.25) is 11.7 Å². The number of nitrogens with zero attached hydrogens (tertiary/aromatic N) is 2. The average molecular weight is 290 g/mol. The van der Waals surface area contributed by atoms with Crippen molar-refractivity contribution in [1.29, 1.82) is 0 Å². The summed E-state index contributed by atoms with van der Waals surface area (Å²) in [6, 6.07) is 1.74. The van der Waals surface area contributed by atoms with Gasteiger partial charge in [-0.25, -0.2) is 0 Å². The molecule has 0 aromatic carbocycles. The number of furan rings is 1. The minimum absolute atomic E-state index is 0.299. The number of hydrogen-bond donors (Lipinski definition) is 1. The first-order valence-electron chi connectivity index (χ1n) is 7.28. The number of carboxylic acids is 1. The maximum atomic E-state index is 11.8. The van der Waals surface area contributed by atoms with Crippen molar-refractivity contribution in [2.75, 3.05) is 0 Å². The Kier molecular flexibility index (Phi) is 3.77. The van der Waals surface area contributed by atoms with Crippen molar-refractivity contribution in [3.05, 3.63) is 24.5 Å². The van der Waals surface area contributed by atoms with E-state index in [1.165, 1.54) is 12.5 Å². The second-order valence-corrected chi connectivity index (χ2v) is 5.70. The molecule has 3 rings (SSSR count). The van der Waals surface area contributed by atoms with E-state index in [1.807, 2.05) is 0 Å². The molecule has 6 heteroatoms. The van der Waals surface area contributed by atoms with E-state index in [0.717, 1.165) is 31.2 Å². The topological polar surface area (TPSA) is 89.4 Å². The van der Waals surface area contributed by atoms with Gasteiger partial charge in [-0.2, -0.15) is 4.98 Å². The predicted octanol–water partition coefficient (Wildman–Crippen LogP) is 3.30. The Morgan fingerprint density at radius 3 is 2.67 bits per heavy atom. The lowest BCUT2D eigenvalue weighted by Gasteiger charge is -2.26. The first-order chi connectivity index (χ1) is 10.2. The average Bonchev–Trinajstić information content (AvgIpc) is 3.07. The van der Waals surface area contributed by atoms with E-state index in [-0.39, 0.29) is 0 Å². The second kappa shape index (κ2) is 5.71. The van der Waals surface area contributed by atoms with Crippen molar-refractivity contribution >= 4 is 5.97 Å². The van der Waals surface area contributed by atoms with Crippen LogP contribution in [0.1, 0.15) is 44.4 Å². The molecule has 6 nitrogen and oxygen atoms in total. The third kappa shape index (κ3) is 2.84. The van der Waals surface area contributed by atoms with Crippen molar-refractivity contribution in [3.8, 4) is 11.4 Å². The standard InChI is InChI=1S/C15H18N2O4/c18-14(19)15(6-3-1-2-4-7-15)9-12-16-13(17-21-12)11-5-8-20-10-11/h5,8,10H,1-4,6-7,9H2,(H,18,19). The van der Waals surface area contributed by atoms with E-state index in [4.69, 9.17) is 8.94 Å². The Hall–Kier alpha value is -2.11. The quantitative estimate of drug-likeness (QED) is 0.869. The van der Waals surface area contributed by atoms with Crippen LogP contribution in [0.2, 0.25) is 0 Å². The molecule has 2 heterocycles. The van der Waals surface area contributed by atoms with E-state index < -0.39 is 11.4 Å². The van der Waals surface area contributed by atoms with Crippen LogP contribution in [0.5, 0.6) is 0 Å². The van der Waals surface area contributed by atoms with Gasteiger partial charge in [0.1, 0.15) is 6.26 Å². The van der Waals surface area contributed by atoms with Crippen molar-refractivity contribution in [2.24, 2.45) is 5.41 Å². The van der Waals surface area contributed by atoms with Gasteiger partial charge in [-0.05, 0) is 18.9 Å². The lowest BCUT2D eigenvalue weighted by Crippen LogP contribution is -2.33. The molecular formula is C15H18N2O4. The van der Waals surface area contributed by atoms with Gasteiger partial charge >= 0.3 is 5.97 Å². The maximum absolute atomic E-state index is 11.8. The summed E-state index contributed by atoms with van der Waals surface area (Å²) in [6.45, 7) is 0. The zero-order valence-electron chi connectivity index (χ0n) is 11.7.